The Morgan fingerprint density at radius 3 is 2.23 bits per heavy atom. The second kappa shape index (κ2) is 8.87. The molecule has 8 heteroatoms. The van der Waals surface area contributed by atoms with Crippen LogP contribution in [0.4, 0.5) is 5.69 Å². The molecule has 0 atom stereocenters. The number of carbonyl (C=O) groups is 1. The van der Waals surface area contributed by atoms with Crippen molar-refractivity contribution in [2.75, 3.05) is 0 Å². The first-order chi connectivity index (χ1) is 14.3. The molecule has 0 aliphatic rings. The maximum atomic E-state index is 12.5. The highest BCUT2D eigenvalue weighted by Crippen LogP contribution is 2.20. The largest absolute Gasteiger partial charge is 0.457 e. The van der Waals surface area contributed by atoms with E-state index in [0.29, 0.717) is 16.7 Å². The fourth-order valence-corrected chi connectivity index (χ4v) is 4.24. The molecule has 3 aromatic carbocycles. The van der Waals surface area contributed by atoms with Gasteiger partial charge >= 0.3 is 5.97 Å². The highest BCUT2D eigenvalue weighted by molar-refractivity contribution is 7.90. The first-order valence-corrected chi connectivity index (χ1v) is 10.7. The minimum absolute atomic E-state index is 0.0477. The molecule has 30 heavy (non-hydrogen) atoms. The number of hydrogen-bond acceptors (Lipinski definition) is 6. The van der Waals surface area contributed by atoms with Gasteiger partial charge in [0.25, 0.3) is 5.69 Å². The van der Waals surface area contributed by atoms with Crippen LogP contribution in [-0.4, -0.2) is 19.3 Å². The molecule has 0 N–H and O–H groups in total. The molecule has 3 aromatic rings. The lowest BCUT2D eigenvalue weighted by Gasteiger charge is -2.08. The lowest BCUT2D eigenvalue weighted by molar-refractivity contribution is -0.385. The maximum Gasteiger partial charge on any atom is 0.338 e. The van der Waals surface area contributed by atoms with Gasteiger partial charge in [-0.05, 0) is 42.3 Å². The van der Waals surface area contributed by atoms with Crippen molar-refractivity contribution < 1.29 is 22.9 Å². The smallest absolute Gasteiger partial charge is 0.338 e. The van der Waals surface area contributed by atoms with Crippen LogP contribution in [-0.2, 0) is 26.9 Å². The number of benzene rings is 3. The zero-order chi connectivity index (χ0) is 21.7. The molecular formula is C22H19NO6S. The molecule has 0 radical (unpaired) electrons. The van der Waals surface area contributed by atoms with Gasteiger partial charge < -0.3 is 4.74 Å². The van der Waals surface area contributed by atoms with Crippen molar-refractivity contribution in [2.45, 2.75) is 24.2 Å². The van der Waals surface area contributed by atoms with Gasteiger partial charge in [0.05, 0.1) is 21.1 Å². The second-order valence-electron chi connectivity index (χ2n) is 6.72. The Hall–Kier alpha value is -3.52. The van der Waals surface area contributed by atoms with E-state index in [1.54, 1.807) is 43.3 Å². The average molecular weight is 425 g/mol. The molecule has 154 valence electrons. The third-order valence-corrected chi connectivity index (χ3v) is 6.18. The normalized spacial score (nSPS) is 11.1. The first-order valence-electron chi connectivity index (χ1n) is 9.04. The van der Waals surface area contributed by atoms with Crippen molar-refractivity contribution >= 4 is 21.5 Å². The first kappa shape index (κ1) is 21.2. The predicted octanol–water partition coefficient (Wildman–Crippen LogP) is 4.23. The van der Waals surface area contributed by atoms with Crippen molar-refractivity contribution in [3.8, 4) is 0 Å². The van der Waals surface area contributed by atoms with Crippen LogP contribution in [0.2, 0.25) is 0 Å². The van der Waals surface area contributed by atoms with Crippen LogP contribution in [0.5, 0.6) is 0 Å². The summed E-state index contributed by atoms with van der Waals surface area (Å²) in [7, 11) is -3.48. The summed E-state index contributed by atoms with van der Waals surface area (Å²) in [5.41, 5.74) is 1.83. The Morgan fingerprint density at radius 1 is 0.967 bits per heavy atom. The molecule has 0 unspecified atom stereocenters. The van der Waals surface area contributed by atoms with Crippen LogP contribution in [0.15, 0.2) is 77.7 Å². The number of aryl methyl sites for hydroxylation is 1. The summed E-state index contributed by atoms with van der Waals surface area (Å²) < 4.78 is 30.3. The highest BCUT2D eigenvalue weighted by atomic mass is 32.2. The molecule has 0 aliphatic heterocycles. The summed E-state index contributed by atoms with van der Waals surface area (Å²) in [6, 6.07) is 19.1. The van der Waals surface area contributed by atoms with Gasteiger partial charge in [0.15, 0.2) is 9.84 Å². The summed E-state index contributed by atoms with van der Waals surface area (Å²) in [5, 5.41) is 10.9. The topological polar surface area (TPSA) is 104 Å². The number of ether oxygens (including phenoxy) is 1. The van der Waals surface area contributed by atoms with E-state index >= 15 is 0 Å². The molecule has 0 bridgehead atoms. The van der Waals surface area contributed by atoms with Crippen molar-refractivity contribution in [1.29, 1.82) is 0 Å². The number of nitrogens with zero attached hydrogens (tertiary/aromatic N) is 1. The second-order valence-corrected chi connectivity index (χ2v) is 8.71. The lowest BCUT2D eigenvalue weighted by atomic mass is 10.1. The fraction of sp³-hybridized carbons (Fsp3) is 0.136. The summed E-state index contributed by atoms with van der Waals surface area (Å²) >= 11 is 0. The van der Waals surface area contributed by atoms with E-state index in [1.807, 2.05) is 6.07 Å². The zero-order valence-corrected chi connectivity index (χ0v) is 17.0. The van der Waals surface area contributed by atoms with Crippen LogP contribution in [0.25, 0.3) is 0 Å². The van der Waals surface area contributed by atoms with E-state index < -0.39 is 20.7 Å². The van der Waals surface area contributed by atoms with Gasteiger partial charge in [-0.15, -0.1) is 0 Å². The van der Waals surface area contributed by atoms with Crippen LogP contribution in [0, 0.1) is 17.0 Å². The van der Waals surface area contributed by atoms with Crippen LogP contribution < -0.4 is 0 Å². The number of nitro benzene ring substituents is 1. The van der Waals surface area contributed by atoms with E-state index in [2.05, 4.69) is 0 Å². The van der Waals surface area contributed by atoms with Gasteiger partial charge in [-0.1, -0.05) is 42.5 Å². The monoisotopic (exact) mass is 425 g/mol. The molecule has 3 rings (SSSR count). The highest BCUT2D eigenvalue weighted by Gasteiger charge is 2.17. The quantitative estimate of drug-likeness (QED) is 0.319. The zero-order valence-electron chi connectivity index (χ0n) is 16.1. The number of rotatable bonds is 7. The molecule has 0 aliphatic carbocycles. The van der Waals surface area contributed by atoms with Gasteiger partial charge in [-0.3, -0.25) is 10.1 Å². The minimum Gasteiger partial charge on any atom is -0.457 e. The van der Waals surface area contributed by atoms with Gasteiger partial charge in [0.2, 0.25) is 0 Å². The molecule has 7 nitrogen and oxygen atoms in total. The average Bonchev–Trinajstić information content (AvgIpc) is 2.72. The standard InChI is InChI=1S/C22H19NO6S/c1-16-13-19(9-12-21(16)23(25)26)22(24)29-14-17-7-10-20(11-8-17)30(27,28)15-18-5-3-2-4-6-18/h2-13H,14-15H2,1H3. The Kier molecular flexibility index (Phi) is 6.27. The van der Waals surface area contributed by atoms with E-state index in [0.717, 1.165) is 0 Å². The summed E-state index contributed by atoms with van der Waals surface area (Å²) in [4.78, 5) is 22.7. The van der Waals surface area contributed by atoms with Crippen molar-refractivity contribution in [3.05, 3.63) is 105 Å². The predicted molar refractivity (Wildman–Crippen MR) is 111 cm³/mol. The van der Waals surface area contributed by atoms with Crippen LogP contribution in [0.3, 0.4) is 0 Å². The molecule has 0 aromatic heterocycles. The van der Waals surface area contributed by atoms with E-state index in [1.165, 1.54) is 30.3 Å². The molecule has 0 fully saturated rings. The summed E-state index contributed by atoms with van der Waals surface area (Å²) in [5.74, 6) is -0.712. The van der Waals surface area contributed by atoms with Crippen LogP contribution in [0.1, 0.15) is 27.0 Å². The maximum absolute atomic E-state index is 12.5. The van der Waals surface area contributed by atoms with Gasteiger partial charge in [0.1, 0.15) is 6.61 Å². The number of hydrogen-bond donors (Lipinski definition) is 0. The van der Waals surface area contributed by atoms with E-state index in [9.17, 15) is 23.3 Å². The Labute approximate surface area is 174 Å². The van der Waals surface area contributed by atoms with Crippen molar-refractivity contribution in [1.82, 2.24) is 0 Å². The van der Waals surface area contributed by atoms with E-state index in [4.69, 9.17) is 4.74 Å². The molecular weight excluding hydrogens is 406 g/mol. The molecule has 0 spiro atoms. The number of nitro groups is 1. The van der Waals surface area contributed by atoms with Crippen molar-refractivity contribution in [2.24, 2.45) is 0 Å². The number of carbonyl (C=O) groups excluding carboxylic acids is 1. The SMILES string of the molecule is Cc1cc(C(=O)OCc2ccc(S(=O)(=O)Cc3ccccc3)cc2)ccc1[N+](=O)[O-]. The fourth-order valence-electron chi connectivity index (χ4n) is 2.89. The molecule has 0 saturated carbocycles. The molecule has 0 heterocycles. The number of esters is 1. The van der Waals surface area contributed by atoms with Gasteiger partial charge in [-0.25, -0.2) is 13.2 Å². The third kappa shape index (κ3) is 5.09. The lowest BCUT2D eigenvalue weighted by Crippen LogP contribution is -2.07. The minimum atomic E-state index is -3.48. The van der Waals surface area contributed by atoms with Gasteiger partial charge in [-0.2, -0.15) is 0 Å². The number of sulfone groups is 1. The van der Waals surface area contributed by atoms with E-state index in [-0.39, 0.29) is 28.5 Å². The van der Waals surface area contributed by atoms with Crippen molar-refractivity contribution in [3.63, 3.8) is 0 Å². The van der Waals surface area contributed by atoms with Crippen LogP contribution >= 0.6 is 0 Å². The summed E-state index contributed by atoms with van der Waals surface area (Å²) in [6.07, 6.45) is 0. The Balaban J connectivity index is 1.64. The summed E-state index contributed by atoms with van der Waals surface area (Å²) in [6.45, 7) is 1.50. The molecule has 0 amide bonds. The Morgan fingerprint density at radius 2 is 1.63 bits per heavy atom. The Bertz CT molecular complexity index is 1170. The van der Waals surface area contributed by atoms with Gasteiger partial charge in [0, 0.05) is 11.6 Å². The third-order valence-electron chi connectivity index (χ3n) is 4.48. The molecule has 0 saturated heterocycles.